The maximum absolute atomic E-state index is 9.92. The highest BCUT2D eigenvalue weighted by Crippen LogP contribution is 2.38. The molecule has 1 saturated heterocycles. The van der Waals surface area contributed by atoms with E-state index in [2.05, 4.69) is 16.7 Å². The second-order valence-electron chi connectivity index (χ2n) is 6.78. The van der Waals surface area contributed by atoms with E-state index >= 15 is 0 Å². The molecule has 1 aliphatic rings. The molecule has 3 rings (SSSR count). The van der Waals surface area contributed by atoms with Crippen molar-refractivity contribution in [2.45, 2.75) is 24.9 Å². The summed E-state index contributed by atoms with van der Waals surface area (Å²) in [6, 6.07) is 6.01. The van der Waals surface area contributed by atoms with E-state index in [0.717, 1.165) is 42.8 Å². The molecule has 0 saturated carbocycles. The van der Waals surface area contributed by atoms with E-state index in [-0.39, 0.29) is 6.61 Å². The Morgan fingerprint density at radius 1 is 1.22 bits per heavy atom. The first-order chi connectivity index (χ1) is 13.2. The van der Waals surface area contributed by atoms with Gasteiger partial charge in [0.25, 0.3) is 0 Å². The van der Waals surface area contributed by atoms with Gasteiger partial charge in [-0.2, -0.15) is 0 Å². The monoisotopic (exact) mass is 375 g/mol. The number of nitrogens with zero attached hydrogens (tertiary/aromatic N) is 1. The van der Waals surface area contributed by atoms with Crippen LogP contribution in [0.4, 0.5) is 5.82 Å². The second kappa shape index (κ2) is 9.21. The van der Waals surface area contributed by atoms with Crippen molar-refractivity contribution in [1.29, 1.82) is 0 Å². The first kappa shape index (κ1) is 19.7. The van der Waals surface area contributed by atoms with Crippen LogP contribution in [0.3, 0.4) is 0 Å². The quantitative estimate of drug-likeness (QED) is 0.652. The van der Waals surface area contributed by atoms with Gasteiger partial charge in [0, 0.05) is 38.3 Å². The third kappa shape index (κ3) is 4.61. The topological polar surface area (TPSA) is 84.9 Å². The Morgan fingerprint density at radius 3 is 2.67 bits per heavy atom. The number of nitrogens with one attached hydrogen (secondary N) is 2. The fraction of sp³-hybridized carbons (Fsp3) is 0.550. The van der Waals surface area contributed by atoms with Crippen LogP contribution in [0.25, 0.3) is 10.9 Å². The number of hydrogen-bond acceptors (Lipinski definition) is 7. The number of aromatic nitrogens is 1. The lowest BCUT2D eigenvalue weighted by molar-refractivity contribution is 0.0856. The third-order valence-corrected chi connectivity index (χ3v) is 4.91. The highest BCUT2D eigenvalue weighted by molar-refractivity contribution is 5.88. The Labute approximate surface area is 160 Å². The van der Waals surface area contributed by atoms with Crippen molar-refractivity contribution in [2.75, 3.05) is 52.9 Å². The molecule has 0 spiro atoms. The Morgan fingerprint density at radius 2 is 2.00 bits per heavy atom. The molecule has 1 aromatic carbocycles. The Bertz CT molecular complexity index is 762. The first-order valence-electron chi connectivity index (χ1n) is 9.40. The average molecular weight is 375 g/mol. The van der Waals surface area contributed by atoms with E-state index in [1.165, 1.54) is 5.56 Å². The fourth-order valence-corrected chi connectivity index (χ4v) is 3.49. The van der Waals surface area contributed by atoms with Crippen molar-refractivity contribution in [2.24, 2.45) is 0 Å². The molecule has 7 nitrogen and oxygen atoms in total. The molecule has 2 aromatic rings. The molecule has 27 heavy (non-hydrogen) atoms. The normalized spacial score (nSPS) is 16.3. The van der Waals surface area contributed by atoms with Crippen LogP contribution in [0.15, 0.2) is 18.2 Å². The second-order valence-corrected chi connectivity index (χ2v) is 6.78. The number of anilines is 1. The van der Waals surface area contributed by atoms with Crippen LogP contribution in [-0.2, 0) is 4.74 Å². The van der Waals surface area contributed by atoms with Gasteiger partial charge in [-0.3, -0.25) is 0 Å². The van der Waals surface area contributed by atoms with Crippen molar-refractivity contribution in [3.8, 4) is 11.5 Å². The maximum atomic E-state index is 9.92. The van der Waals surface area contributed by atoms with E-state index in [1.54, 1.807) is 14.2 Å². The van der Waals surface area contributed by atoms with Gasteiger partial charge in [-0.1, -0.05) is 0 Å². The predicted molar refractivity (Wildman–Crippen MR) is 106 cm³/mol. The lowest BCUT2D eigenvalue weighted by Crippen LogP contribution is -2.29. The molecule has 1 atom stereocenters. The molecular weight excluding hydrogens is 346 g/mol. The Hall–Kier alpha value is -2.09. The van der Waals surface area contributed by atoms with Gasteiger partial charge in [-0.25, -0.2) is 4.98 Å². The smallest absolute Gasteiger partial charge is 0.163 e. The van der Waals surface area contributed by atoms with Gasteiger partial charge in [-0.15, -0.1) is 0 Å². The molecule has 148 valence electrons. The number of aliphatic hydroxyl groups excluding tert-OH is 1. The summed E-state index contributed by atoms with van der Waals surface area (Å²) in [5.74, 6) is 2.49. The summed E-state index contributed by atoms with van der Waals surface area (Å²) in [4.78, 5) is 4.70. The predicted octanol–water partition coefficient (Wildman–Crippen LogP) is 2.14. The van der Waals surface area contributed by atoms with Crippen LogP contribution >= 0.6 is 0 Å². The van der Waals surface area contributed by atoms with Crippen molar-refractivity contribution in [3.63, 3.8) is 0 Å². The largest absolute Gasteiger partial charge is 0.493 e. The zero-order valence-corrected chi connectivity index (χ0v) is 16.2. The third-order valence-electron chi connectivity index (χ3n) is 4.91. The highest BCUT2D eigenvalue weighted by atomic mass is 16.5. The minimum absolute atomic E-state index is 0.182. The summed E-state index contributed by atoms with van der Waals surface area (Å²) >= 11 is 0. The Kier molecular flexibility index (Phi) is 6.71. The minimum atomic E-state index is -0.593. The van der Waals surface area contributed by atoms with Gasteiger partial charge in [0.15, 0.2) is 11.5 Å². The van der Waals surface area contributed by atoms with Crippen LogP contribution in [0.2, 0.25) is 0 Å². The molecule has 0 amide bonds. The molecule has 0 unspecified atom stereocenters. The molecule has 0 aliphatic carbocycles. The maximum Gasteiger partial charge on any atom is 0.163 e. The first-order valence-corrected chi connectivity index (χ1v) is 9.40. The molecule has 1 aromatic heterocycles. The molecule has 2 heterocycles. The number of methoxy groups -OCH3 is 1. The van der Waals surface area contributed by atoms with Gasteiger partial charge >= 0.3 is 0 Å². The number of hydrogen-bond donors (Lipinski definition) is 3. The van der Waals surface area contributed by atoms with Gasteiger partial charge in [0.2, 0.25) is 0 Å². The van der Waals surface area contributed by atoms with Gasteiger partial charge < -0.3 is 30.0 Å². The van der Waals surface area contributed by atoms with E-state index in [4.69, 9.17) is 19.2 Å². The number of pyridine rings is 1. The molecule has 0 bridgehead atoms. The van der Waals surface area contributed by atoms with Crippen LogP contribution < -0.4 is 20.1 Å². The summed E-state index contributed by atoms with van der Waals surface area (Å²) < 4.78 is 16.9. The van der Waals surface area contributed by atoms with Crippen LogP contribution in [0.1, 0.15) is 24.3 Å². The van der Waals surface area contributed by atoms with Crippen LogP contribution in [-0.4, -0.2) is 63.8 Å². The highest BCUT2D eigenvalue weighted by Gasteiger charge is 2.21. The van der Waals surface area contributed by atoms with Crippen molar-refractivity contribution >= 4 is 16.7 Å². The zero-order valence-electron chi connectivity index (χ0n) is 16.2. The van der Waals surface area contributed by atoms with Gasteiger partial charge in [0.05, 0.1) is 12.6 Å². The number of benzene rings is 1. The van der Waals surface area contributed by atoms with E-state index < -0.39 is 6.10 Å². The molecule has 1 aliphatic heterocycles. The molecule has 7 heteroatoms. The number of fused-ring (bicyclic) bond motifs is 1. The van der Waals surface area contributed by atoms with Crippen molar-refractivity contribution in [3.05, 3.63) is 23.8 Å². The van der Waals surface area contributed by atoms with Crippen LogP contribution in [0.5, 0.6) is 11.5 Å². The Balaban J connectivity index is 1.99. The van der Waals surface area contributed by atoms with Crippen molar-refractivity contribution < 1.29 is 19.3 Å². The molecule has 3 N–H and O–H groups in total. The SMILES string of the molecule is CNC[C@@H](O)COc1cc2nc(NC)cc(C3CCOCC3)c2cc1OC. The van der Waals surface area contributed by atoms with Crippen molar-refractivity contribution in [1.82, 2.24) is 10.3 Å². The summed E-state index contributed by atoms with van der Waals surface area (Å²) in [6.07, 6.45) is 1.41. The summed E-state index contributed by atoms with van der Waals surface area (Å²) in [6.45, 7) is 2.21. The lowest BCUT2D eigenvalue weighted by Gasteiger charge is -2.24. The summed E-state index contributed by atoms with van der Waals surface area (Å²) in [5.41, 5.74) is 2.11. The van der Waals surface area contributed by atoms with E-state index in [9.17, 15) is 5.11 Å². The van der Waals surface area contributed by atoms with Gasteiger partial charge in [-0.05, 0) is 43.5 Å². The molecular formula is C20H29N3O4. The summed E-state index contributed by atoms with van der Waals surface area (Å²) in [5, 5.41) is 17.1. The fourth-order valence-electron chi connectivity index (χ4n) is 3.49. The van der Waals surface area contributed by atoms with Crippen LogP contribution in [0, 0.1) is 0 Å². The summed E-state index contributed by atoms with van der Waals surface area (Å²) in [7, 11) is 5.29. The van der Waals surface area contributed by atoms with Gasteiger partial charge in [0.1, 0.15) is 18.5 Å². The lowest BCUT2D eigenvalue weighted by atomic mass is 9.89. The minimum Gasteiger partial charge on any atom is -0.493 e. The molecule has 1 fully saturated rings. The average Bonchev–Trinajstić information content (AvgIpc) is 2.71. The molecule has 0 radical (unpaired) electrons. The van der Waals surface area contributed by atoms with E-state index in [1.807, 2.05) is 19.2 Å². The standard InChI is InChI=1S/C20H29N3O4/c1-21-11-14(24)12-27-19-10-17-16(8-18(19)25-3)15(9-20(22-2)23-17)13-4-6-26-7-5-13/h8-10,13-14,21,24H,4-7,11-12H2,1-3H3,(H,22,23)/t14-/m1/s1. The van der Waals surface area contributed by atoms with E-state index in [0.29, 0.717) is 24.0 Å². The number of aliphatic hydroxyl groups is 1. The number of ether oxygens (including phenoxy) is 3. The zero-order chi connectivity index (χ0) is 19.2. The number of likely N-dealkylation sites (N-methyl/N-ethyl adjacent to an activating group) is 1. The number of rotatable bonds is 8.